The number of nitrogens with zero attached hydrogens (tertiary/aromatic N) is 2. The van der Waals surface area contributed by atoms with Crippen molar-refractivity contribution in [2.24, 2.45) is 0 Å². The van der Waals surface area contributed by atoms with E-state index in [4.69, 9.17) is 0 Å². The summed E-state index contributed by atoms with van der Waals surface area (Å²) in [6.07, 6.45) is 0. The average molecular weight is 643 g/mol. The summed E-state index contributed by atoms with van der Waals surface area (Å²) in [6.45, 7) is 9.28. The van der Waals surface area contributed by atoms with E-state index in [1.165, 1.54) is 66.1 Å². The molecule has 0 saturated carbocycles. The molecule has 0 N–H and O–H groups in total. The molecule has 2 nitrogen and oxygen atoms in total. The second-order valence-electron chi connectivity index (χ2n) is 13.5. The molecular formula is C48H38N2. The summed E-state index contributed by atoms with van der Waals surface area (Å²) in [6, 6.07) is 56.7. The van der Waals surface area contributed by atoms with Crippen molar-refractivity contribution < 1.29 is 0 Å². The summed E-state index contributed by atoms with van der Waals surface area (Å²) >= 11 is 0. The Morgan fingerprint density at radius 3 is 0.800 bits per heavy atom. The highest BCUT2D eigenvalue weighted by Crippen LogP contribution is 2.58. The van der Waals surface area contributed by atoms with Crippen LogP contribution in [0.3, 0.4) is 0 Å². The van der Waals surface area contributed by atoms with Gasteiger partial charge in [-0.05, 0) is 167 Å². The topological polar surface area (TPSA) is 6.48 Å². The van der Waals surface area contributed by atoms with Gasteiger partial charge in [-0.3, -0.25) is 0 Å². The summed E-state index contributed by atoms with van der Waals surface area (Å²) < 4.78 is 0. The summed E-state index contributed by atoms with van der Waals surface area (Å²) in [4.78, 5) is 4.72. The van der Waals surface area contributed by atoms with E-state index in [1.807, 2.05) is 0 Å². The monoisotopic (exact) mass is 642 g/mol. The molecule has 0 unspecified atom stereocenters. The van der Waals surface area contributed by atoms with Crippen molar-refractivity contribution in [3.05, 3.63) is 180 Å². The summed E-state index contributed by atoms with van der Waals surface area (Å²) in [5.74, 6) is 0. The van der Waals surface area contributed by atoms with Crippen molar-refractivity contribution in [3.63, 3.8) is 0 Å². The van der Waals surface area contributed by atoms with Crippen LogP contribution in [0.1, 0.15) is 22.3 Å². The first-order valence-corrected chi connectivity index (χ1v) is 17.5. The Morgan fingerprint density at radius 1 is 0.260 bits per heavy atom. The normalized spacial score (nSPS) is 11.6. The van der Waals surface area contributed by atoms with Gasteiger partial charge >= 0.3 is 0 Å². The van der Waals surface area contributed by atoms with Crippen molar-refractivity contribution >= 4 is 55.7 Å². The molecule has 9 rings (SSSR count). The first-order chi connectivity index (χ1) is 24.5. The van der Waals surface area contributed by atoms with Crippen LogP contribution in [-0.2, 0) is 0 Å². The molecule has 0 bridgehead atoms. The molecule has 0 aliphatic heterocycles. The van der Waals surface area contributed by atoms with Gasteiger partial charge in [-0.15, -0.1) is 0 Å². The summed E-state index contributed by atoms with van der Waals surface area (Å²) in [7, 11) is 0. The predicted octanol–water partition coefficient (Wildman–Crippen LogP) is 13.8. The van der Waals surface area contributed by atoms with Gasteiger partial charge in [-0.25, -0.2) is 0 Å². The zero-order valence-electron chi connectivity index (χ0n) is 28.9. The zero-order chi connectivity index (χ0) is 33.9. The van der Waals surface area contributed by atoms with E-state index in [2.05, 4.69) is 195 Å². The van der Waals surface area contributed by atoms with Crippen LogP contribution >= 0.6 is 0 Å². The van der Waals surface area contributed by atoms with Crippen molar-refractivity contribution in [1.82, 2.24) is 0 Å². The van der Waals surface area contributed by atoms with Crippen LogP contribution < -0.4 is 9.80 Å². The number of fused-ring (bicyclic) bond motifs is 6. The quantitative estimate of drug-likeness (QED) is 0.178. The molecule has 0 saturated heterocycles. The molecule has 1 aliphatic rings. The smallest absolute Gasteiger partial charge is 0.0468 e. The van der Waals surface area contributed by atoms with Gasteiger partial charge in [-0.1, -0.05) is 84.9 Å². The number of aryl methyl sites for hydroxylation is 4. The van der Waals surface area contributed by atoms with Gasteiger partial charge < -0.3 is 9.80 Å². The molecule has 0 aromatic heterocycles. The number of hydrogen-bond donors (Lipinski definition) is 0. The third-order valence-electron chi connectivity index (χ3n) is 10.7. The standard InChI is InChI=1S/C48H38N2/c1-31-41-27-25-39(49(35-17-9-5-10-18-35)36-19-11-6-12-20-36)29-43(41)33(3)47-45(31)46-32(2)42-28-26-40(30-44(42)34(4)48(46)47)50(37-21-13-7-14-22-37)38-23-15-8-16-24-38/h5-30H,1-4H3. The van der Waals surface area contributed by atoms with Gasteiger partial charge in [0.1, 0.15) is 0 Å². The highest BCUT2D eigenvalue weighted by Gasteiger charge is 2.33. The fourth-order valence-electron chi connectivity index (χ4n) is 8.30. The van der Waals surface area contributed by atoms with E-state index in [1.54, 1.807) is 0 Å². The molecule has 1 aliphatic carbocycles. The number of benzene rings is 8. The number of para-hydroxylation sites is 4. The Hall–Kier alpha value is -6.12. The Bertz CT molecular complexity index is 2290. The van der Waals surface area contributed by atoms with E-state index in [0.29, 0.717) is 0 Å². The SMILES string of the molecule is Cc1c2c(c(C)c3cc(N(c4ccccc4)c4ccccc4)ccc13)-c1c-2c(C)c2ccc(N(c3ccccc3)c3ccccc3)cc2c1C. The maximum Gasteiger partial charge on any atom is 0.0468 e. The zero-order valence-corrected chi connectivity index (χ0v) is 28.9. The van der Waals surface area contributed by atoms with Gasteiger partial charge in [0.25, 0.3) is 0 Å². The van der Waals surface area contributed by atoms with Crippen molar-refractivity contribution in [1.29, 1.82) is 0 Å². The molecular weight excluding hydrogens is 605 g/mol. The Labute approximate surface area is 294 Å². The largest absolute Gasteiger partial charge is 0.310 e. The first kappa shape index (κ1) is 30.0. The second-order valence-corrected chi connectivity index (χ2v) is 13.5. The molecule has 2 heteroatoms. The Morgan fingerprint density at radius 2 is 0.520 bits per heavy atom. The number of rotatable bonds is 6. The lowest BCUT2D eigenvalue weighted by Gasteiger charge is -2.35. The summed E-state index contributed by atoms with van der Waals surface area (Å²) in [5.41, 5.74) is 18.0. The third-order valence-corrected chi connectivity index (χ3v) is 10.7. The minimum Gasteiger partial charge on any atom is -0.310 e. The molecule has 50 heavy (non-hydrogen) atoms. The van der Waals surface area contributed by atoms with Crippen molar-refractivity contribution in [2.75, 3.05) is 9.80 Å². The van der Waals surface area contributed by atoms with Gasteiger partial charge in [0.2, 0.25) is 0 Å². The van der Waals surface area contributed by atoms with E-state index in [9.17, 15) is 0 Å². The fraction of sp³-hybridized carbons (Fsp3) is 0.0833. The van der Waals surface area contributed by atoms with Crippen molar-refractivity contribution in [3.8, 4) is 22.3 Å². The third kappa shape index (κ3) is 4.56. The molecule has 0 amide bonds. The Kier molecular flexibility index (Phi) is 7.07. The van der Waals surface area contributed by atoms with Crippen LogP contribution in [0.25, 0.3) is 43.8 Å². The van der Waals surface area contributed by atoms with Gasteiger partial charge in [0.05, 0.1) is 0 Å². The molecule has 8 aromatic carbocycles. The first-order valence-electron chi connectivity index (χ1n) is 17.5. The van der Waals surface area contributed by atoms with E-state index in [0.717, 1.165) is 34.1 Å². The van der Waals surface area contributed by atoms with Crippen LogP contribution in [0.2, 0.25) is 0 Å². The van der Waals surface area contributed by atoms with Crippen LogP contribution in [-0.4, -0.2) is 0 Å². The maximum absolute atomic E-state index is 2.40. The number of hydrogen-bond acceptors (Lipinski definition) is 2. The van der Waals surface area contributed by atoms with E-state index >= 15 is 0 Å². The molecule has 0 radical (unpaired) electrons. The van der Waals surface area contributed by atoms with Crippen LogP contribution in [0.4, 0.5) is 34.1 Å². The minimum absolute atomic E-state index is 1.15. The summed E-state index contributed by atoms with van der Waals surface area (Å²) in [5, 5.41) is 5.27. The second kappa shape index (κ2) is 11.8. The molecule has 0 spiro atoms. The molecule has 0 fully saturated rings. The minimum atomic E-state index is 1.15. The lowest BCUT2D eigenvalue weighted by molar-refractivity contribution is 1.28. The van der Waals surface area contributed by atoms with Crippen molar-refractivity contribution in [2.45, 2.75) is 27.7 Å². The van der Waals surface area contributed by atoms with E-state index < -0.39 is 0 Å². The van der Waals surface area contributed by atoms with Gasteiger partial charge in [0, 0.05) is 34.1 Å². The van der Waals surface area contributed by atoms with Crippen LogP contribution in [0.5, 0.6) is 0 Å². The van der Waals surface area contributed by atoms with Crippen LogP contribution in [0, 0.1) is 27.7 Å². The molecule has 0 atom stereocenters. The molecule has 240 valence electrons. The average Bonchev–Trinajstić information content (AvgIpc) is 3.15. The van der Waals surface area contributed by atoms with Crippen LogP contribution in [0.15, 0.2) is 158 Å². The highest BCUT2D eigenvalue weighted by atomic mass is 15.1. The lowest BCUT2D eigenvalue weighted by Crippen LogP contribution is -2.12. The maximum atomic E-state index is 2.40. The van der Waals surface area contributed by atoms with Gasteiger partial charge in [-0.2, -0.15) is 0 Å². The highest BCUT2D eigenvalue weighted by molar-refractivity contribution is 6.19. The molecule has 0 heterocycles. The Balaban J connectivity index is 1.22. The van der Waals surface area contributed by atoms with Gasteiger partial charge in [0.15, 0.2) is 0 Å². The predicted molar refractivity (Wildman–Crippen MR) is 214 cm³/mol. The lowest BCUT2D eigenvalue weighted by atomic mass is 9.69. The number of anilines is 6. The fourth-order valence-corrected chi connectivity index (χ4v) is 8.30. The van der Waals surface area contributed by atoms with E-state index in [-0.39, 0.29) is 0 Å². The molecule has 8 aromatic rings.